The molecule has 0 bridgehead atoms. The molecule has 0 aliphatic carbocycles. The summed E-state index contributed by atoms with van der Waals surface area (Å²) < 4.78 is 24.7. The number of fused-ring (bicyclic) bond motifs is 1. The van der Waals surface area contributed by atoms with E-state index in [0.29, 0.717) is 29.7 Å². The minimum Gasteiger partial charge on any atom is -0.489 e. The molecule has 130 valence electrons. The van der Waals surface area contributed by atoms with Crippen LogP contribution in [0.25, 0.3) is 11.0 Å². The third kappa shape index (κ3) is 5.91. The highest BCUT2D eigenvalue weighted by molar-refractivity contribution is 8.13. The van der Waals surface area contributed by atoms with Gasteiger partial charge in [0.25, 0.3) is 0 Å². The second-order valence-electron chi connectivity index (χ2n) is 5.42. The van der Waals surface area contributed by atoms with Gasteiger partial charge in [0, 0.05) is 17.6 Å². The Hall–Kier alpha value is -1.40. The van der Waals surface area contributed by atoms with Gasteiger partial charge in [-0.15, -0.1) is 0 Å². The van der Waals surface area contributed by atoms with E-state index in [1.54, 1.807) is 12.1 Å². The molecule has 0 aliphatic heterocycles. The van der Waals surface area contributed by atoms with Crippen molar-refractivity contribution in [2.24, 2.45) is 0 Å². The third-order valence-electron chi connectivity index (χ3n) is 3.51. The zero-order chi connectivity index (χ0) is 17.4. The number of benzene rings is 1. The predicted octanol–water partition coefficient (Wildman–Crippen LogP) is 5.91. The topological polar surface area (TPSA) is 39.4 Å². The molecule has 1 aromatic heterocycles. The number of hydrogen-bond acceptors (Lipinski definition) is 5. The summed E-state index contributed by atoms with van der Waals surface area (Å²) in [4.78, 5) is 11.2. The summed E-state index contributed by atoms with van der Waals surface area (Å²) in [6.07, 6.45) is 4.65. The number of unbranched alkanes of at least 4 members (excludes halogenated alkanes) is 3. The van der Waals surface area contributed by atoms with Crippen molar-refractivity contribution in [2.75, 3.05) is 12.4 Å². The molecule has 0 saturated heterocycles. The average molecular weight is 368 g/mol. The van der Waals surface area contributed by atoms with Crippen LogP contribution >= 0.6 is 24.0 Å². The molecule has 3 nitrogen and oxygen atoms in total. The van der Waals surface area contributed by atoms with Crippen LogP contribution in [0.3, 0.4) is 0 Å². The van der Waals surface area contributed by atoms with Crippen LogP contribution in [0.15, 0.2) is 28.7 Å². The lowest BCUT2D eigenvalue weighted by Crippen LogP contribution is -1.98. The van der Waals surface area contributed by atoms with Gasteiger partial charge in [-0.2, -0.15) is 0 Å². The van der Waals surface area contributed by atoms with Crippen LogP contribution in [0.1, 0.15) is 39.0 Å². The van der Waals surface area contributed by atoms with Crippen molar-refractivity contribution in [2.45, 2.75) is 39.0 Å². The van der Waals surface area contributed by atoms with Crippen molar-refractivity contribution in [1.29, 1.82) is 0 Å². The lowest BCUT2D eigenvalue weighted by atomic mass is 10.2. The zero-order valence-corrected chi connectivity index (χ0v) is 15.3. The van der Waals surface area contributed by atoms with Crippen LogP contribution in [-0.2, 0) is 4.79 Å². The molecule has 1 aromatic carbocycles. The third-order valence-corrected chi connectivity index (χ3v) is 4.90. The Kier molecular flexibility index (Phi) is 7.72. The summed E-state index contributed by atoms with van der Waals surface area (Å²) in [6, 6.07) is 6.02. The summed E-state index contributed by atoms with van der Waals surface area (Å²) in [5.41, 5.74) is 0.549. The van der Waals surface area contributed by atoms with Gasteiger partial charge in [-0.05, 0) is 49.3 Å². The monoisotopic (exact) mass is 368 g/mol. The molecule has 0 atom stereocenters. The Morgan fingerprint density at radius 1 is 1.25 bits per heavy atom. The molecule has 24 heavy (non-hydrogen) atoms. The summed E-state index contributed by atoms with van der Waals surface area (Å²) in [5, 5.41) is 0.893. The van der Waals surface area contributed by atoms with Crippen molar-refractivity contribution in [1.82, 2.24) is 0 Å². The number of halogens is 1. The Bertz CT molecular complexity index is 743. The van der Waals surface area contributed by atoms with Crippen LogP contribution in [0.5, 0.6) is 5.75 Å². The van der Waals surface area contributed by atoms with E-state index in [-0.39, 0.29) is 15.6 Å². The maximum Gasteiger partial charge on any atom is 0.232 e. The molecule has 0 unspecified atom stereocenters. The van der Waals surface area contributed by atoms with Crippen LogP contribution in [0.4, 0.5) is 4.39 Å². The quantitative estimate of drug-likeness (QED) is 0.406. The molecule has 6 heteroatoms. The lowest BCUT2D eigenvalue weighted by Gasteiger charge is -2.07. The Morgan fingerprint density at radius 2 is 2.04 bits per heavy atom. The molecule has 2 aromatic rings. The van der Waals surface area contributed by atoms with Gasteiger partial charge in [0.2, 0.25) is 4.71 Å². The van der Waals surface area contributed by atoms with E-state index < -0.39 is 0 Å². The van der Waals surface area contributed by atoms with E-state index in [2.05, 4.69) is 0 Å². The highest BCUT2D eigenvalue weighted by Gasteiger charge is 2.05. The smallest absolute Gasteiger partial charge is 0.232 e. The number of carbonyl (C=O) groups excluding carboxylic acids is 1. The van der Waals surface area contributed by atoms with Gasteiger partial charge in [0.1, 0.15) is 11.4 Å². The normalized spacial score (nSPS) is 10.9. The van der Waals surface area contributed by atoms with Gasteiger partial charge in [-0.1, -0.05) is 31.5 Å². The van der Waals surface area contributed by atoms with E-state index in [0.717, 1.165) is 31.4 Å². The molecule has 0 amide bonds. The SMILES string of the molecule is CCC(=O)SCCCCCCOc1cc2cc(F)ccc2oc1=S. The number of thioether (sulfide) groups is 1. The highest BCUT2D eigenvalue weighted by Crippen LogP contribution is 2.24. The second-order valence-corrected chi connectivity index (χ2v) is 6.94. The fourth-order valence-corrected chi connectivity index (χ4v) is 3.19. The molecule has 1 heterocycles. The fraction of sp³-hybridized carbons (Fsp3) is 0.444. The van der Waals surface area contributed by atoms with Gasteiger partial charge in [0.05, 0.1) is 6.61 Å². The van der Waals surface area contributed by atoms with Crippen molar-refractivity contribution in [3.63, 3.8) is 0 Å². The van der Waals surface area contributed by atoms with Gasteiger partial charge in [-0.25, -0.2) is 4.39 Å². The molecule has 2 rings (SSSR count). The maximum absolute atomic E-state index is 13.3. The standard InChI is InChI=1S/C18H21FO3S2/c1-2-17(20)24-10-6-4-3-5-9-21-16-12-13-11-14(19)7-8-15(13)22-18(16)23/h7-8,11-12H,2-6,9-10H2,1H3. The highest BCUT2D eigenvalue weighted by atomic mass is 32.2. The Balaban J connectivity index is 1.73. The first-order chi connectivity index (χ1) is 11.6. The average Bonchev–Trinajstić information content (AvgIpc) is 2.57. The number of carbonyl (C=O) groups is 1. The van der Waals surface area contributed by atoms with Gasteiger partial charge >= 0.3 is 0 Å². The Morgan fingerprint density at radius 3 is 2.83 bits per heavy atom. The van der Waals surface area contributed by atoms with E-state index in [1.807, 2.05) is 6.92 Å². The summed E-state index contributed by atoms with van der Waals surface area (Å²) in [7, 11) is 0. The van der Waals surface area contributed by atoms with Crippen molar-refractivity contribution < 1.29 is 18.3 Å². The maximum atomic E-state index is 13.3. The van der Waals surface area contributed by atoms with Crippen molar-refractivity contribution in [3.05, 3.63) is 34.8 Å². The van der Waals surface area contributed by atoms with Gasteiger partial charge in [-0.3, -0.25) is 4.79 Å². The minimum atomic E-state index is -0.319. The summed E-state index contributed by atoms with van der Waals surface area (Å²) in [5.74, 6) is 1.05. The Labute approximate surface area is 150 Å². The fourth-order valence-electron chi connectivity index (χ4n) is 2.20. The largest absolute Gasteiger partial charge is 0.489 e. The van der Waals surface area contributed by atoms with Crippen molar-refractivity contribution in [3.8, 4) is 5.75 Å². The van der Waals surface area contributed by atoms with E-state index in [9.17, 15) is 9.18 Å². The molecule has 0 N–H and O–H groups in total. The number of hydrogen-bond donors (Lipinski definition) is 0. The number of ether oxygens (including phenoxy) is 1. The molecular formula is C18H21FO3S2. The van der Waals surface area contributed by atoms with Crippen molar-refractivity contribution >= 4 is 40.1 Å². The zero-order valence-electron chi connectivity index (χ0n) is 13.7. The van der Waals surface area contributed by atoms with Crippen LogP contribution in [0, 0.1) is 10.5 Å². The molecule has 0 fully saturated rings. The first-order valence-electron chi connectivity index (χ1n) is 8.12. The van der Waals surface area contributed by atoms with Crippen LogP contribution < -0.4 is 4.74 Å². The van der Waals surface area contributed by atoms with Crippen LogP contribution in [0.2, 0.25) is 0 Å². The molecule has 0 aliphatic rings. The molecular weight excluding hydrogens is 347 g/mol. The summed E-state index contributed by atoms with van der Waals surface area (Å²) >= 11 is 6.58. The molecule has 0 radical (unpaired) electrons. The van der Waals surface area contributed by atoms with Gasteiger partial charge in [0.15, 0.2) is 10.9 Å². The van der Waals surface area contributed by atoms with E-state index >= 15 is 0 Å². The molecule has 0 saturated carbocycles. The first-order valence-corrected chi connectivity index (χ1v) is 9.51. The number of rotatable bonds is 9. The summed E-state index contributed by atoms with van der Waals surface area (Å²) in [6.45, 7) is 2.43. The van der Waals surface area contributed by atoms with E-state index in [4.69, 9.17) is 21.4 Å². The lowest BCUT2D eigenvalue weighted by molar-refractivity contribution is -0.110. The molecule has 0 spiro atoms. The second kappa shape index (κ2) is 9.79. The van der Waals surface area contributed by atoms with Crippen LogP contribution in [-0.4, -0.2) is 17.5 Å². The predicted molar refractivity (Wildman–Crippen MR) is 98.7 cm³/mol. The first kappa shape index (κ1) is 18.9. The van der Waals surface area contributed by atoms with E-state index in [1.165, 1.54) is 23.9 Å². The van der Waals surface area contributed by atoms with Gasteiger partial charge < -0.3 is 9.15 Å². The minimum absolute atomic E-state index is 0.257.